The Kier molecular flexibility index (Phi) is 9.10. The number of benzene rings is 1. The lowest BCUT2D eigenvalue weighted by Gasteiger charge is -2.24. The molecule has 1 heterocycles. The number of thioether (sulfide) groups is 1. The first-order chi connectivity index (χ1) is 10.1. The highest BCUT2D eigenvalue weighted by Gasteiger charge is 2.20. The van der Waals surface area contributed by atoms with Gasteiger partial charge in [0.1, 0.15) is 0 Å². The van der Waals surface area contributed by atoms with Gasteiger partial charge in [0.05, 0.1) is 13.2 Å². The highest BCUT2D eigenvalue weighted by atomic mass is 79.9. The normalized spacial score (nSPS) is 17.5. The van der Waals surface area contributed by atoms with E-state index in [-0.39, 0.29) is 5.17 Å². The molecule has 0 aliphatic carbocycles. The van der Waals surface area contributed by atoms with Gasteiger partial charge in [-0.15, -0.1) is 0 Å². The van der Waals surface area contributed by atoms with E-state index in [0.29, 0.717) is 19.1 Å². The Hall–Kier alpha value is -0.470. The Morgan fingerprint density at radius 2 is 2.29 bits per heavy atom. The van der Waals surface area contributed by atoms with Crippen LogP contribution in [0.3, 0.4) is 0 Å². The van der Waals surface area contributed by atoms with E-state index in [4.69, 9.17) is 20.4 Å². The fraction of sp³-hybridized carbons (Fsp3) is 0.357. The molecule has 116 valence electrons. The fourth-order valence-corrected chi connectivity index (χ4v) is 3.02. The maximum Gasteiger partial charge on any atom is 0.151 e. The number of ether oxygens (including phenoxy) is 1. The molecule has 1 aromatic carbocycles. The van der Waals surface area contributed by atoms with Crippen LogP contribution in [0.25, 0.3) is 5.57 Å². The summed E-state index contributed by atoms with van der Waals surface area (Å²) in [5.74, 6) is 1.08. The number of hydrogen-bond donors (Lipinski definition) is 3. The predicted molar refractivity (Wildman–Crippen MR) is 96.9 cm³/mol. The molecule has 4 N–H and O–H groups in total. The maximum atomic E-state index is 7.49. The van der Waals surface area contributed by atoms with Crippen LogP contribution in [-0.4, -0.2) is 34.9 Å². The second-order valence-corrected chi connectivity index (χ2v) is 6.60. The lowest BCUT2D eigenvalue weighted by Crippen LogP contribution is -2.21. The van der Waals surface area contributed by atoms with Crippen molar-refractivity contribution in [3.05, 3.63) is 40.4 Å². The smallest absolute Gasteiger partial charge is 0.151 e. The third-order valence-corrected chi connectivity index (χ3v) is 4.15. The van der Waals surface area contributed by atoms with Gasteiger partial charge >= 0.3 is 0 Å². The maximum absolute atomic E-state index is 7.49. The molecule has 1 aromatic rings. The molecule has 4 nitrogen and oxygen atoms in total. The first-order valence-corrected chi connectivity index (χ1v) is 9.22. The molecular weight excluding hydrogens is 372 g/mol. The minimum absolute atomic E-state index is 0.161. The van der Waals surface area contributed by atoms with Crippen LogP contribution in [0.1, 0.15) is 5.56 Å². The van der Waals surface area contributed by atoms with Crippen molar-refractivity contribution in [2.45, 2.75) is 0 Å². The van der Waals surface area contributed by atoms with Crippen molar-refractivity contribution in [1.29, 1.82) is 5.41 Å². The molecule has 2 rings (SSSR count). The van der Waals surface area contributed by atoms with Crippen LogP contribution in [0, 0.1) is 11.3 Å². The molecule has 0 saturated heterocycles. The van der Waals surface area contributed by atoms with Gasteiger partial charge in [-0.3, -0.25) is 5.41 Å². The summed E-state index contributed by atoms with van der Waals surface area (Å²) >= 11 is 5.61. The summed E-state index contributed by atoms with van der Waals surface area (Å²) in [6.45, 7) is 1.35. The summed E-state index contributed by atoms with van der Waals surface area (Å²) in [6, 6.07) is 8.27. The Morgan fingerprint density at radius 3 is 2.90 bits per heavy atom. The van der Waals surface area contributed by atoms with Gasteiger partial charge in [-0.2, -0.15) is 0 Å². The number of amidine groups is 1. The quantitative estimate of drug-likeness (QED) is 0.413. The van der Waals surface area contributed by atoms with E-state index >= 15 is 0 Å². The van der Waals surface area contributed by atoms with Crippen LogP contribution in [0.15, 0.2) is 34.8 Å². The second-order valence-electron chi connectivity index (χ2n) is 4.26. The number of halogens is 1. The Labute approximate surface area is 142 Å². The van der Waals surface area contributed by atoms with Gasteiger partial charge in [0.15, 0.2) is 5.17 Å². The Morgan fingerprint density at radius 1 is 1.57 bits per heavy atom. The molecule has 0 amide bonds. The SMILES string of the molecule is CSO.N=C(N)SCC1COCC=C1c1cccc(Br)c1. The van der Waals surface area contributed by atoms with Crippen LogP contribution in [0.2, 0.25) is 0 Å². The van der Waals surface area contributed by atoms with E-state index < -0.39 is 0 Å². The van der Waals surface area contributed by atoms with E-state index in [9.17, 15) is 0 Å². The molecule has 21 heavy (non-hydrogen) atoms. The standard InChI is InChI=1S/C13H15BrN2OS.CH4OS/c14-11-3-1-2-9(6-11)12-4-5-17-7-10(12)8-18-13(15)16;1-3-2/h1-4,6,10H,5,7-8H2,(H3,15,16);2H,1H3. The van der Waals surface area contributed by atoms with Crippen LogP contribution < -0.4 is 5.73 Å². The molecule has 0 fully saturated rings. The third-order valence-electron chi connectivity index (χ3n) is 2.78. The van der Waals surface area contributed by atoms with Gasteiger partial charge in [0, 0.05) is 22.4 Å². The zero-order valence-corrected chi connectivity index (χ0v) is 14.9. The number of nitrogens with two attached hydrogens (primary N) is 1. The Bertz CT molecular complexity index is 498. The zero-order chi connectivity index (χ0) is 15.7. The van der Waals surface area contributed by atoms with Crippen molar-refractivity contribution < 1.29 is 9.29 Å². The topological polar surface area (TPSA) is 79.3 Å². The van der Waals surface area contributed by atoms with E-state index in [1.165, 1.54) is 22.9 Å². The van der Waals surface area contributed by atoms with Crippen molar-refractivity contribution in [3.63, 3.8) is 0 Å². The molecule has 1 atom stereocenters. The lowest BCUT2D eigenvalue weighted by atomic mass is 9.93. The highest BCUT2D eigenvalue weighted by Crippen LogP contribution is 2.30. The molecule has 0 aromatic heterocycles. The Balaban J connectivity index is 0.000000677. The summed E-state index contributed by atoms with van der Waals surface area (Å²) in [4.78, 5) is 0. The third kappa shape index (κ3) is 6.88. The summed E-state index contributed by atoms with van der Waals surface area (Å²) in [6.07, 6.45) is 3.72. The van der Waals surface area contributed by atoms with Crippen molar-refractivity contribution in [2.24, 2.45) is 11.7 Å². The largest absolute Gasteiger partial charge is 0.379 e. The van der Waals surface area contributed by atoms with E-state index in [2.05, 4.69) is 34.1 Å². The highest BCUT2D eigenvalue weighted by molar-refractivity contribution is 9.10. The second kappa shape index (κ2) is 10.3. The van der Waals surface area contributed by atoms with E-state index in [1.807, 2.05) is 12.1 Å². The van der Waals surface area contributed by atoms with Gasteiger partial charge < -0.3 is 15.0 Å². The van der Waals surface area contributed by atoms with Crippen molar-refractivity contribution in [1.82, 2.24) is 0 Å². The van der Waals surface area contributed by atoms with Gasteiger partial charge in [-0.1, -0.05) is 45.9 Å². The zero-order valence-electron chi connectivity index (χ0n) is 11.7. The fourth-order valence-electron chi connectivity index (χ4n) is 1.97. The van der Waals surface area contributed by atoms with Gasteiger partial charge in [0.25, 0.3) is 0 Å². The minimum Gasteiger partial charge on any atom is -0.379 e. The van der Waals surface area contributed by atoms with Crippen LogP contribution in [-0.2, 0) is 4.74 Å². The van der Waals surface area contributed by atoms with Crippen molar-refractivity contribution in [3.8, 4) is 0 Å². The molecule has 1 aliphatic heterocycles. The average molecular weight is 391 g/mol. The van der Waals surface area contributed by atoms with Crippen molar-refractivity contribution in [2.75, 3.05) is 25.2 Å². The van der Waals surface area contributed by atoms with Gasteiger partial charge in [-0.25, -0.2) is 0 Å². The van der Waals surface area contributed by atoms with Crippen LogP contribution in [0.5, 0.6) is 0 Å². The van der Waals surface area contributed by atoms with E-state index in [0.717, 1.165) is 22.3 Å². The molecule has 0 bridgehead atoms. The summed E-state index contributed by atoms with van der Waals surface area (Å²) in [7, 11) is 0. The number of hydrogen-bond acceptors (Lipinski definition) is 5. The molecule has 0 radical (unpaired) electrons. The van der Waals surface area contributed by atoms with Crippen LogP contribution in [0.4, 0.5) is 0 Å². The summed E-state index contributed by atoms with van der Waals surface area (Å²) in [5, 5.41) is 7.45. The molecule has 0 saturated carbocycles. The van der Waals surface area contributed by atoms with Gasteiger partial charge in [0.2, 0.25) is 0 Å². The van der Waals surface area contributed by atoms with Crippen LogP contribution >= 0.6 is 39.7 Å². The average Bonchev–Trinajstić information content (AvgIpc) is 2.46. The first kappa shape index (κ1) is 18.6. The number of nitrogens with one attached hydrogen (secondary N) is 1. The molecule has 1 aliphatic rings. The monoisotopic (exact) mass is 390 g/mol. The summed E-state index contributed by atoms with van der Waals surface area (Å²) in [5.41, 5.74) is 7.89. The lowest BCUT2D eigenvalue weighted by molar-refractivity contribution is 0.137. The predicted octanol–water partition coefficient (Wildman–Crippen LogP) is 3.93. The number of rotatable bonds is 3. The minimum atomic E-state index is 0.161. The molecule has 1 unspecified atom stereocenters. The first-order valence-electron chi connectivity index (χ1n) is 6.26. The molecule has 7 heteroatoms. The van der Waals surface area contributed by atoms with Gasteiger partial charge in [-0.05, 0) is 35.3 Å². The molecule has 0 spiro atoms. The summed E-state index contributed by atoms with van der Waals surface area (Å²) < 4.78 is 14.0. The van der Waals surface area contributed by atoms with Crippen molar-refractivity contribution >= 4 is 50.5 Å². The van der Waals surface area contributed by atoms with E-state index in [1.54, 1.807) is 6.26 Å². The molecular formula is C14H19BrN2O2S2.